The number of fused-ring (bicyclic) bond motifs is 1. The number of aliphatic hydroxyl groups excluding tert-OH is 1. The van der Waals surface area contributed by atoms with E-state index in [1.165, 1.54) is 18.9 Å². The normalized spacial score (nSPS) is 17.6. The molecule has 0 radical (unpaired) electrons. The smallest absolute Gasteiger partial charge is 0.407 e. The fourth-order valence-electron chi connectivity index (χ4n) is 7.61. The van der Waals surface area contributed by atoms with Crippen LogP contribution in [0.5, 0.6) is 11.6 Å². The Morgan fingerprint density at radius 2 is 1.68 bits per heavy atom. The summed E-state index contributed by atoms with van der Waals surface area (Å²) >= 11 is 14.3. The van der Waals surface area contributed by atoms with Gasteiger partial charge in [-0.05, 0) is 62.8 Å². The second-order valence-corrected chi connectivity index (χ2v) is 14.9. The van der Waals surface area contributed by atoms with Gasteiger partial charge >= 0.3 is 6.09 Å². The van der Waals surface area contributed by atoms with Crippen molar-refractivity contribution in [3.05, 3.63) is 76.3 Å². The number of amides is 2. The van der Waals surface area contributed by atoms with Crippen molar-refractivity contribution in [1.29, 1.82) is 0 Å². The molecule has 1 aromatic carbocycles. The Kier molecular flexibility index (Phi) is 11.9. The molecule has 1 saturated carbocycles. The van der Waals surface area contributed by atoms with Crippen LogP contribution in [0.15, 0.2) is 54.9 Å². The Morgan fingerprint density at radius 1 is 0.946 bits per heavy atom. The predicted molar refractivity (Wildman–Crippen MR) is 212 cm³/mol. The minimum absolute atomic E-state index is 0.0112. The van der Waals surface area contributed by atoms with Gasteiger partial charge in [0.15, 0.2) is 17.2 Å². The molecule has 2 fully saturated rings. The maximum Gasteiger partial charge on any atom is 0.407 e. The van der Waals surface area contributed by atoms with Crippen molar-refractivity contribution < 1.29 is 29.3 Å². The van der Waals surface area contributed by atoms with Gasteiger partial charge < -0.3 is 34.8 Å². The third-order valence-corrected chi connectivity index (χ3v) is 11.5. The molecule has 56 heavy (non-hydrogen) atoms. The van der Waals surface area contributed by atoms with Crippen molar-refractivity contribution in [2.24, 2.45) is 0 Å². The number of benzene rings is 1. The highest BCUT2D eigenvalue weighted by Crippen LogP contribution is 2.42. The number of pyridine rings is 3. The van der Waals surface area contributed by atoms with E-state index in [0.717, 1.165) is 25.7 Å². The number of aromatic nitrogens is 5. The van der Waals surface area contributed by atoms with Crippen LogP contribution in [0.4, 0.5) is 4.79 Å². The van der Waals surface area contributed by atoms with Crippen molar-refractivity contribution >= 4 is 40.8 Å². The lowest BCUT2D eigenvalue weighted by Gasteiger charge is -2.37. The summed E-state index contributed by atoms with van der Waals surface area (Å²) in [5.41, 5.74) is 4.82. The standard InChI is InChI=1S/C40H44Cl2N8O6/c1-23(51)48-17-14-27(15-18-48)49(40(53)54)21-24-7-12-32(45-39(24)56-3)31-6-4-5-29(35(31)41)30-13-16-43-37(36(30)42)25-19-33(55-2)38-46-34(47-50(38)22-25)20-44-26-8-10-28(52)11-9-26/h4-7,12-13,16,19,22,26-28,44,52H,8-11,14-15,17-18,20-21H2,1-3H3,(H,53,54). The number of hydrogen-bond donors (Lipinski definition) is 3. The molecule has 0 spiro atoms. The highest BCUT2D eigenvalue weighted by molar-refractivity contribution is 6.39. The van der Waals surface area contributed by atoms with Gasteiger partial charge in [0.1, 0.15) is 0 Å². The zero-order chi connectivity index (χ0) is 39.5. The predicted octanol–water partition coefficient (Wildman–Crippen LogP) is 6.73. The number of aliphatic hydroxyl groups is 1. The maximum absolute atomic E-state index is 12.4. The molecule has 0 atom stereocenters. The first kappa shape index (κ1) is 39.2. The van der Waals surface area contributed by atoms with Gasteiger partial charge in [0, 0.05) is 72.3 Å². The van der Waals surface area contributed by atoms with Gasteiger partial charge in [0.2, 0.25) is 11.8 Å². The minimum Gasteiger partial charge on any atom is -0.493 e. The minimum atomic E-state index is -1.05. The number of halogens is 2. The van der Waals surface area contributed by atoms with Crippen LogP contribution in [0, 0.1) is 0 Å². The van der Waals surface area contributed by atoms with Crippen LogP contribution in [0.2, 0.25) is 10.0 Å². The SMILES string of the molecule is COc1nc(-c2cccc(-c3ccnc(-c4cc(OC)c5nc(CNC6CCC(O)CC6)nn5c4)c3Cl)c2Cl)ccc1CN(C(=O)O)C1CCN(C(C)=O)CC1. The van der Waals surface area contributed by atoms with Crippen LogP contribution in [0.25, 0.3) is 39.3 Å². The van der Waals surface area contributed by atoms with E-state index < -0.39 is 6.09 Å². The average Bonchev–Trinajstić information content (AvgIpc) is 3.63. The number of likely N-dealkylation sites (tertiary alicyclic amines) is 1. The van der Waals surface area contributed by atoms with Gasteiger partial charge in [-0.3, -0.25) is 9.78 Å². The van der Waals surface area contributed by atoms with E-state index in [4.69, 9.17) is 47.7 Å². The van der Waals surface area contributed by atoms with E-state index in [1.54, 1.807) is 40.9 Å². The number of nitrogens with zero attached hydrogens (tertiary/aromatic N) is 7. The van der Waals surface area contributed by atoms with E-state index >= 15 is 0 Å². The molecular formula is C40H44Cl2N8O6. The number of piperidine rings is 1. The second-order valence-electron chi connectivity index (χ2n) is 14.2. The highest BCUT2D eigenvalue weighted by atomic mass is 35.5. The summed E-state index contributed by atoms with van der Waals surface area (Å²) in [6.07, 6.45) is 6.72. The molecule has 0 unspecified atom stereocenters. The number of carbonyl (C=O) groups is 2. The first-order valence-corrected chi connectivity index (χ1v) is 19.4. The fraction of sp³-hybridized carbons (Fsp3) is 0.400. The third-order valence-electron chi connectivity index (χ3n) is 10.7. The summed E-state index contributed by atoms with van der Waals surface area (Å²) in [5.74, 6) is 1.40. The zero-order valence-corrected chi connectivity index (χ0v) is 32.9. The zero-order valence-electron chi connectivity index (χ0n) is 31.4. The molecule has 5 aromatic rings. The number of carbonyl (C=O) groups excluding carboxylic acids is 1. The van der Waals surface area contributed by atoms with Crippen LogP contribution in [0.3, 0.4) is 0 Å². The van der Waals surface area contributed by atoms with Crippen molar-refractivity contribution in [3.63, 3.8) is 0 Å². The first-order chi connectivity index (χ1) is 27.0. The van der Waals surface area contributed by atoms with E-state index in [0.29, 0.717) is 105 Å². The van der Waals surface area contributed by atoms with Crippen LogP contribution < -0.4 is 14.8 Å². The van der Waals surface area contributed by atoms with Crippen molar-refractivity contribution in [3.8, 4) is 45.3 Å². The van der Waals surface area contributed by atoms with Gasteiger partial charge in [-0.15, -0.1) is 5.10 Å². The number of nitrogens with one attached hydrogen (secondary N) is 1. The summed E-state index contributed by atoms with van der Waals surface area (Å²) in [4.78, 5) is 41.4. The first-order valence-electron chi connectivity index (χ1n) is 18.6. The van der Waals surface area contributed by atoms with Crippen LogP contribution in [-0.2, 0) is 17.9 Å². The molecule has 16 heteroatoms. The van der Waals surface area contributed by atoms with E-state index in [2.05, 4.69) is 10.3 Å². The molecule has 3 N–H and O–H groups in total. The van der Waals surface area contributed by atoms with E-state index in [9.17, 15) is 19.8 Å². The molecule has 7 rings (SSSR count). The summed E-state index contributed by atoms with van der Waals surface area (Å²) in [6.45, 7) is 3.10. The maximum atomic E-state index is 12.4. The van der Waals surface area contributed by atoms with Gasteiger partial charge in [-0.1, -0.05) is 41.4 Å². The Morgan fingerprint density at radius 3 is 2.38 bits per heavy atom. The summed E-state index contributed by atoms with van der Waals surface area (Å²) < 4.78 is 13.1. The quantitative estimate of drug-likeness (QED) is 0.130. The molecule has 294 valence electrons. The monoisotopic (exact) mass is 802 g/mol. The molecule has 2 aliphatic rings. The summed E-state index contributed by atoms with van der Waals surface area (Å²) in [7, 11) is 3.07. The number of rotatable bonds is 11. The van der Waals surface area contributed by atoms with Crippen LogP contribution >= 0.6 is 23.2 Å². The van der Waals surface area contributed by atoms with Gasteiger partial charge in [0.25, 0.3) is 0 Å². The lowest BCUT2D eigenvalue weighted by molar-refractivity contribution is -0.130. The molecule has 1 saturated heterocycles. The number of ether oxygens (including phenoxy) is 2. The molecule has 14 nitrogen and oxygen atoms in total. The van der Waals surface area contributed by atoms with Crippen molar-refractivity contribution in [2.75, 3.05) is 27.3 Å². The van der Waals surface area contributed by atoms with Gasteiger partial charge in [-0.2, -0.15) is 0 Å². The summed E-state index contributed by atoms with van der Waals surface area (Å²) in [5, 5.41) is 29.0. The van der Waals surface area contributed by atoms with Crippen molar-refractivity contribution in [2.45, 2.75) is 76.7 Å². The molecule has 1 aliphatic carbocycles. The summed E-state index contributed by atoms with van der Waals surface area (Å²) in [6, 6.07) is 12.9. The second kappa shape index (κ2) is 17.0. The Hall–Kier alpha value is -5.02. The third kappa shape index (κ3) is 8.24. The lowest BCUT2D eigenvalue weighted by atomic mass is 9.93. The number of methoxy groups -OCH3 is 2. The molecule has 1 aliphatic heterocycles. The van der Waals surface area contributed by atoms with Gasteiger partial charge in [-0.25, -0.2) is 19.3 Å². The highest BCUT2D eigenvalue weighted by Gasteiger charge is 2.30. The molecule has 0 bridgehead atoms. The molecule has 2 amide bonds. The molecular weight excluding hydrogens is 759 g/mol. The van der Waals surface area contributed by atoms with Crippen molar-refractivity contribution in [1.82, 2.24) is 39.7 Å². The molecule has 5 heterocycles. The van der Waals surface area contributed by atoms with E-state index in [-0.39, 0.29) is 30.5 Å². The Labute approximate surface area is 334 Å². The molecule has 4 aromatic heterocycles. The fourth-order valence-corrected chi connectivity index (χ4v) is 8.25. The van der Waals surface area contributed by atoms with Crippen LogP contribution in [0.1, 0.15) is 56.8 Å². The van der Waals surface area contributed by atoms with E-state index in [1.807, 2.05) is 30.5 Å². The largest absolute Gasteiger partial charge is 0.493 e. The lowest BCUT2D eigenvalue weighted by Crippen LogP contribution is -2.47. The average molecular weight is 804 g/mol. The Bertz CT molecular complexity index is 2240. The topological polar surface area (TPSA) is 168 Å². The van der Waals surface area contributed by atoms with Crippen LogP contribution in [-0.4, -0.2) is 102 Å². The number of carboxylic acid groups (broad SMARTS) is 1. The number of hydrogen-bond acceptors (Lipinski definition) is 10. The van der Waals surface area contributed by atoms with Gasteiger partial charge in [0.05, 0.1) is 54.8 Å². The Balaban J connectivity index is 1.14.